The first kappa shape index (κ1) is 47.1. The monoisotopic (exact) mass is 981 g/mol. The van der Waals surface area contributed by atoms with Gasteiger partial charge in [-0.05, 0) is 86.6 Å². The lowest BCUT2D eigenvalue weighted by Crippen LogP contribution is -2.53. The van der Waals surface area contributed by atoms with Crippen LogP contribution in [0.25, 0.3) is 32.9 Å². The third-order valence-electron chi connectivity index (χ3n) is 15.4. The molecule has 0 radical (unpaired) electrons. The molecule has 6 aliphatic rings. The van der Waals surface area contributed by atoms with Crippen LogP contribution in [0, 0.1) is 24.0 Å². The number of carbonyl (C=O) groups excluding carboxylic acids is 4. The number of piperazine rings is 1. The van der Waals surface area contributed by atoms with Gasteiger partial charge >= 0.3 is 12.1 Å². The van der Waals surface area contributed by atoms with Crippen molar-refractivity contribution < 1.29 is 47.6 Å². The number of benzene rings is 3. The number of nitrogens with zero attached hydrogens (tertiary/aromatic N) is 7. The number of phenols is 1. The number of nitrogens with one attached hydrogen (secondary N) is 2. The van der Waals surface area contributed by atoms with Crippen molar-refractivity contribution in [3.05, 3.63) is 94.7 Å². The van der Waals surface area contributed by atoms with Crippen LogP contribution in [0.15, 0.2) is 60.8 Å². The molecule has 11 rings (SSSR count). The van der Waals surface area contributed by atoms with E-state index in [1.54, 1.807) is 19.2 Å². The highest BCUT2D eigenvalue weighted by molar-refractivity contribution is 6.06. The molecule has 0 aliphatic carbocycles. The molecule has 2 aromatic heterocycles. The highest BCUT2D eigenvalue weighted by atomic mass is 19.1. The fourth-order valence-corrected chi connectivity index (χ4v) is 11.9. The summed E-state index contributed by atoms with van der Waals surface area (Å²) in [5.41, 5.74) is 1.82. The van der Waals surface area contributed by atoms with Gasteiger partial charge in [0.2, 0.25) is 11.8 Å². The van der Waals surface area contributed by atoms with Crippen molar-refractivity contribution in [2.24, 2.45) is 0 Å². The quantitative estimate of drug-likeness (QED) is 0.0718. The Balaban J connectivity index is 0.768. The van der Waals surface area contributed by atoms with E-state index in [0.29, 0.717) is 79.6 Å². The Bertz CT molecular complexity index is 3150. The fourth-order valence-electron chi connectivity index (χ4n) is 11.9. The standard InChI is InChI=1S/C53H53F2N9O8/c1-4-35-40(54)12-8-30-19-34(65)20-38(43(30)35)45-44(55)46-39(22-56-45)47(62-24-31-9-10-32(25-62)57-31)60-51(59-46)72-27-53-16-15-33(63(53)23-28(2)21-53)26-71-52(70)61(3)17-5-6-29-7-11-36-37(18-29)50(69)64(49(36)68)41-13-14-42(66)58-48(41)67/h1,7-8,11-12,18-20,22,31-33,41,49,57,65,68H,2,5-6,9-10,13-17,21,23-27H2,3H3,(H,58,66,67)/t31?,32?,33-,41?,49?,53-/m0/s1. The Morgan fingerprint density at radius 1 is 1.06 bits per heavy atom. The first-order valence-electron chi connectivity index (χ1n) is 24.4. The molecule has 72 heavy (non-hydrogen) atoms. The van der Waals surface area contributed by atoms with Gasteiger partial charge in [0.05, 0.1) is 16.5 Å². The molecule has 4 amide bonds. The number of hydrogen-bond acceptors (Lipinski definition) is 14. The summed E-state index contributed by atoms with van der Waals surface area (Å²) in [4.78, 5) is 72.1. The number of ether oxygens (including phenoxy) is 2. The number of aromatic nitrogens is 3. The van der Waals surface area contributed by atoms with E-state index in [0.717, 1.165) is 35.3 Å². The van der Waals surface area contributed by atoms with Crippen molar-refractivity contribution in [2.75, 3.05) is 51.3 Å². The zero-order chi connectivity index (χ0) is 50.2. The Morgan fingerprint density at radius 3 is 2.64 bits per heavy atom. The minimum Gasteiger partial charge on any atom is -0.508 e. The van der Waals surface area contributed by atoms with Gasteiger partial charge in [-0.25, -0.2) is 13.6 Å². The van der Waals surface area contributed by atoms with Crippen LogP contribution >= 0.6 is 0 Å². The molecule has 372 valence electrons. The summed E-state index contributed by atoms with van der Waals surface area (Å²) >= 11 is 0. The number of aliphatic hydroxyl groups is 1. The number of aryl methyl sites for hydroxylation is 1. The average Bonchev–Trinajstić information content (AvgIpc) is 4.06. The molecule has 6 atom stereocenters. The topological polar surface area (TPSA) is 203 Å². The normalized spacial score (nSPS) is 24.7. The summed E-state index contributed by atoms with van der Waals surface area (Å²) in [6.45, 7) is 6.81. The number of halogens is 2. The van der Waals surface area contributed by atoms with Crippen LogP contribution in [0.1, 0.15) is 84.6 Å². The van der Waals surface area contributed by atoms with Crippen LogP contribution in [0.4, 0.5) is 19.4 Å². The lowest BCUT2D eigenvalue weighted by Gasteiger charge is -2.35. The van der Waals surface area contributed by atoms with Crippen LogP contribution in [-0.4, -0.2) is 140 Å². The molecule has 8 heterocycles. The van der Waals surface area contributed by atoms with Crippen molar-refractivity contribution in [2.45, 2.75) is 93.7 Å². The zero-order valence-corrected chi connectivity index (χ0v) is 39.6. The number of piperidine rings is 1. The number of aliphatic hydroxyl groups excluding tert-OH is 1. The lowest BCUT2D eigenvalue weighted by molar-refractivity contribution is -0.139. The molecular formula is C53H53F2N9O8. The highest BCUT2D eigenvalue weighted by Crippen LogP contribution is 2.45. The van der Waals surface area contributed by atoms with Gasteiger partial charge in [-0.15, -0.1) is 6.42 Å². The second kappa shape index (κ2) is 18.4. The van der Waals surface area contributed by atoms with Gasteiger partial charge in [-0.3, -0.25) is 34.5 Å². The molecule has 6 aliphatic heterocycles. The van der Waals surface area contributed by atoms with E-state index in [2.05, 4.69) is 42.9 Å². The summed E-state index contributed by atoms with van der Waals surface area (Å²) < 4.78 is 44.8. The molecule has 19 heteroatoms. The molecule has 5 fully saturated rings. The van der Waals surface area contributed by atoms with E-state index < -0.39 is 53.3 Å². The predicted octanol–water partition coefficient (Wildman–Crippen LogP) is 5.25. The number of hydrogen-bond donors (Lipinski definition) is 4. The number of terminal acetylenes is 1. The predicted molar refractivity (Wildman–Crippen MR) is 260 cm³/mol. The largest absolute Gasteiger partial charge is 0.508 e. The van der Waals surface area contributed by atoms with Crippen LogP contribution in [0.2, 0.25) is 0 Å². The second-order valence-corrected chi connectivity index (χ2v) is 20.1. The molecule has 5 saturated heterocycles. The molecule has 17 nitrogen and oxygen atoms in total. The van der Waals surface area contributed by atoms with Crippen molar-refractivity contribution in [3.8, 4) is 35.4 Å². The Morgan fingerprint density at radius 2 is 1.86 bits per heavy atom. The van der Waals surface area contributed by atoms with E-state index in [-0.39, 0.29) is 83.7 Å². The third-order valence-corrected chi connectivity index (χ3v) is 15.4. The number of anilines is 1. The number of fused-ring (bicyclic) bond motifs is 6. The maximum atomic E-state index is 17.2. The summed E-state index contributed by atoms with van der Waals surface area (Å²) in [7, 11) is 1.67. The first-order valence-corrected chi connectivity index (χ1v) is 24.4. The highest BCUT2D eigenvalue weighted by Gasteiger charge is 2.52. The van der Waals surface area contributed by atoms with Crippen LogP contribution in [-0.2, 0) is 20.7 Å². The SMILES string of the molecule is C#Cc1c(F)ccc2cc(O)cc(-c3ncc4c(N5CC6CCC(C5)N6)nc(OC[C@@]56CC[C@@H](COC(=O)N(C)CCCc7ccc8c(c7)C(=O)N(C7CCC(=O)NC7=O)C8O)N5CC(=C)C6)nc4c3F)c12. The number of amides is 4. The van der Waals surface area contributed by atoms with E-state index in [4.69, 9.17) is 20.9 Å². The van der Waals surface area contributed by atoms with Gasteiger partial charge in [-0.1, -0.05) is 36.3 Å². The van der Waals surface area contributed by atoms with Crippen LogP contribution in [0.5, 0.6) is 11.8 Å². The first-order chi connectivity index (χ1) is 34.7. The van der Waals surface area contributed by atoms with Gasteiger partial charge in [0.1, 0.15) is 47.9 Å². The number of carbonyl (C=O) groups is 4. The maximum Gasteiger partial charge on any atom is 0.409 e. The molecule has 0 saturated carbocycles. The Hall–Kier alpha value is -7.27. The molecule has 4 N–H and O–H groups in total. The zero-order valence-electron chi connectivity index (χ0n) is 39.6. The molecular weight excluding hydrogens is 929 g/mol. The summed E-state index contributed by atoms with van der Waals surface area (Å²) in [6.07, 6.45) is 10.8. The minimum atomic E-state index is -1.30. The number of pyridine rings is 1. The summed E-state index contributed by atoms with van der Waals surface area (Å²) in [6, 6.07) is 9.98. The van der Waals surface area contributed by atoms with Gasteiger partial charge in [-0.2, -0.15) is 9.97 Å². The van der Waals surface area contributed by atoms with Crippen molar-refractivity contribution in [1.29, 1.82) is 0 Å². The number of aromatic hydroxyl groups is 1. The second-order valence-electron chi connectivity index (χ2n) is 20.1. The molecule has 2 bridgehead atoms. The average molecular weight is 982 g/mol. The van der Waals surface area contributed by atoms with Crippen LogP contribution in [0.3, 0.4) is 0 Å². The third kappa shape index (κ3) is 8.30. The van der Waals surface area contributed by atoms with Gasteiger partial charge in [0.15, 0.2) is 12.0 Å². The molecule has 3 aromatic carbocycles. The lowest BCUT2D eigenvalue weighted by atomic mass is 9.94. The number of rotatable bonds is 12. The molecule has 0 spiro atoms. The molecule has 4 unspecified atom stereocenters. The fraction of sp³-hybridized carbons (Fsp3) is 0.415. The van der Waals surface area contributed by atoms with Gasteiger partial charge in [0.25, 0.3) is 5.91 Å². The van der Waals surface area contributed by atoms with Crippen molar-refractivity contribution >= 4 is 51.3 Å². The summed E-state index contributed by atoms with van der Waals surface area (Å²) in [5, 5.41) is 28.6. The molecule has 5 aromatic rings. The van der Waals surface area contributed by atoms with Crippen LogP contribution < -0.4 is 20.3 Å². The number of imide groups is 1. The van der Waals surface area contributed by atoms with E-state index in [1.807, 2.05) is 6.07 Å². The van der Waals surface area contributed by atoms with Gasteiger partial charge in [0, 0.05) is 86.0 Å². The van der Waals surface area contributed by atoms with E-state index in [9.17, 15) is 29.4 Å². The number of phenolic OH excluding ortho intramolecular Hbond substituents is 1. The van der Waals surface area contributed by atoms with Crippen molar-refractivity contribution in [1.82, 2.24) is 40.3 Å². The van der Waals surface area contributed by atoms with E-state index in [1.165, 1.54) is 35.4 Å². The minimum absolute atomic E-state index is 0.0304. The Kier molecular flexibility index (Phi) is 12.0. The van der Waals surface area contributed by atoms with Gasteiger partial charge < -0.3 is 34.8 Å². The maximum absolute atomic E-state index is 17.2. The Labute approximate surface area is 413 Å². The van der Waals surface area contributed by atoms with E-state index >= 15 is 8.78 Å². The smallest absolute Gasteiger partial charge is 0.409 e. The summed E-state index contributed by atoms with van der Waals surface area (Å²) in [5.74, 6) is -0.273. The van der Waals surface area contributed by atoms with Crippen molar-refractivity contribution in [3.63, 3.8) is 0 Å².